The number of carbonyl (C=O) groups is 1. The van der Waals surface area contributed by atoms with E-state index in [1.54, 1.807) is 10.6 Å². The number of aliphatic hydroxyl groups excluding tert-OH is 1. The van der Waals surface area contributed by atoms with E-state index >= 15 is 0 Å². The third kappa shape index (κ3) is 6.47. The highest BCUT2D eigenvalue weighted by Gasteiger charge is 2.41. The van der Waals surface area contributed by atoms with Crippen LogP contribution >= 0.6 is 12.4 Å². The summed E-state index contributed by atoms with van der Waals surface area (Å²) in [6.07, 6.45) is 4.00. The van der Waals surface area contributed by atoms with Crippen LogP contribution in [0.5, 0.6) is 0 Å². The number of rotatable bonds is 9. The van der Waals surface area contributed by atoms with Crippen molar-refractivity contribution in [1.29, 1.82) is 0 Å². The van der Waals surface area contributed by atoms with Crippen molar-refractivity contribution in [3.63, 3.8) is 0 Å². The molecule has 3 heterocycles. The van der Waals surface area contributed by atoms with E-state index in [2.05, 4.69) is 15.5 Å². The summed E-state index contributed by atoms with van der Waals surface area (Å²) in [5, 5.41) is 17.2. The molecule has 4 rings (SSSR count). The predicted octanol–water partition coefficient (Wildman–Crippen LogP) is 1.68. The number of aromatic nitrogens is 1. The van der Waals surface area contributed by atoms with Gasteiger partial charge < -0.3 is 20.3 Å². The van der Waals surface area contributed by atoms with Crippen molar-refractivity contribution < 1.29 is 18.3 Å². The molecule has 2 fully saturated rings. The lowest BCUT2D eigenvalue weighted by Crippen LogP contribution is -2.53. The van der Waals surface area contributed by atoms with Crippen molar-refractivity contribution in [2.45, 2.75) is 69.8 Å². The molecule has 3 N–H and O–H groups in total. The van der Waals surface area contributed by atoms with Crippen LogP contribution in [0.4, 0.5) is 0 Å². The summed E-state index contributed by atoms with van der Waals surface area (Å²) in [5.74, 6) is -0.490. The van der Waals surface area contributed by atoms with Crippen LogP contribution in [0.2, 0.25) is 0 Å². The van der Waals surface area contributed by atoms with Crippen LogP contribution in [0.15, 0.2) is 35.1 Å². The maximum absolute atomic E-state index is 13.2. The summed E-state index contributed by atoms with van der Waals surface area (Å²) in [7, 11) is -3.13. The molecule has 11 heteroatoms. The number of halogens is 1. The molecule has 2 bridgehead atoms. The van der Waals surface area contributed by atoms with Gasteiger partial charge in [-0.3, -0.25) is 14.5 Å². The number of hydrogen-bond donors (Lipinski definition) is 3. The molecular formula is C25H37ClN4O5S. The molecule has 2 aromatic rings. The molecule has 1 amide bonds. The Morgan fingerprint density at radius 2 is 1.81 bits per heavy atom. The van der Waals surface area contributed by atoms with Gasteiger partial charge >= 0.3 is 0 Å². The zero-order chi connectivity index (χ0) is 25.3. The van der Waals surface area contributed by atoms with Gasteiger partial charge in [0.1, 0.15) is 5.56 Å². The molecule has 0 radical (unpaired) electrons. The first-order chi connectivity index (χ1) is 16.5. The molecule has 0 saturated carbocycles. The normalized spacial score (nSPS) is 23.0. The number of benzene rings is 1. The molecule has 2 unspecified atom stereocenters. The van der Waals surface area contributed by atoms with Crippen molar-refractivity contribution in [3.05, 3.63) is 46.2 Å². The summed E-state index contributed by atoms with van der Waals surface area (Å²) in [5.41, 5.74) is 0.709. The fraction of sp³-hybridized carbons (Fsp3) is 0.600. The van der Waals surface area contributed by atoms with Gasteiger partial charge in [0.25, 0.3) is 11.5 Å². The summed E-state index contributed by atoms with van der Waals surface area (Å²) in [4.78, 5) is 28.7. The lowest BCUT2D eigenvalue weighted by Gasteiger charge is -2.40. The minimum absolute atomic E-state index is 0. The van der Waals surface area contributed by atoms with Gasteiger partial charge in [-0.15, -0.1) is 12.4 Å². The number of amides is 1. The number of carbonyl (C=O) groups excluding carboxylic acids is 1. The second kappa shape index (κ2) is 11.6. The van der Waals surface area contributed by atoms with E-state index in [0.29, 0.717) is 6.54 Å². The maximum atomic E-state index is 13.2. The SMILES string of the molecule is CC(C)n1c(=O)c(C(=O)NC2CC3CCC(C2)N3C[C@H](O)CNCS(C)(=O)=O)cc2ccccc21.Cl. The zero-order valence-electron chi connectivity index (χ0n) is 21.0. The lowest BCUT2D eigenvalue weighted by molar-refractivity contribution is 0.0509. The minimum atomic E-state index is -3.13. The Hall–Kier alpha value is -1.98. The number of pyridine rings is 1. The lowest BCUT2D eigenvalue weighted by atomic mass is 9.96. The number of aliphatic hydroxyl groups is 1. The molecule has 3 atom stereocenters. The van der Waals surface area contributed by atoms with E-state index in [1.807, 2.05) is 38.1 Å². The molecule has 1 aromatic heterocycles. The Bertz CT molecular complexity index is 1230. The van der Waals surface area contributed by atoms with Crippen molar-refractivity contribution >= 4 is 39.1 Å². The standard InChI is InChI=1S/C25H36N4O5S.ClH/c1-16(2)29-23-7-5-4-6-17(23)10-22(25(29)32)24(31)27-18-11-19-8-9-20(12-18)28(19)14-21(30)13-26-15-35(3,33)34;/h4-7,10,16,18-21,26,30H,8-9,11-15H2,1-3H3,(H,27,31);1H/t18?,19?,20?,21-;/m1./s1. The van der Waals surface area contributed by atoms with Crippen molar-refractivity contribution in [2.24, 2.45) is 0 Å². The zero-order valence-corrected chi connectivity index (χ0v) is 22.6. The van der Waals surface area contributed by atoms with Gasteiger partial charge in [0, 0.05) is 43.5 Å². The number of para-hydroxylation sites is 1. The molecule has 36 heavy (non-hydrogen) atoms. The quantitative estimate of drug-likeness (QED) is 0.442. The second-order valence-corrected chi connectivity index (χ2v) is 12.4. The first kappa shape index (κ1) is 28.6. The third-order valence-corrected chi connectivity index (χ3v) is 7.82. The van der Waals surface area contributed by atoms with E-state index in [0.717, 1.165) is 42.8 Å². The molecule has 9 nitrogen and oxygen atoms in total. The Labute approximate surface area is 218 Å². The first-order valence-corrected chi connectivity index (χ1v) is 14.4. The van der Waals surface area contributed by atoms with Crippen LogP contribution < -0.4 is 16.2 Å². The highest BCUT2D eigenvalue weighted by molar-refractivity contribution is 7.90. The number of nitrogens with one attached hydrogen (secondary N) is 2. The van der Waals surface area contributed by atoms with E-state index in [9.17, 15) is 23.1 Å². The average Bonchev–Trinajstić information content (AvgIpc) is 2.99. The van der Waals surface area contributed by atoms with Crippen molar-refractivity contribution in [1.82, 2.24) is 20.1 Å². The van der Waals surface area contributed by atoms with Gasteiger partial charge in [-0.25, -0.2) is 8.42 Å². The minimum Gasteiger partial charge on any atom is -0.390 e. The maximum Gasteiger partial charge on any atom is 0.264 e. The van der Waals surface area contributed by atoms with Crippen LogP contribution in [-0.2, 0) is 9.84 Å². The van der Waals surface area contributed by atoms with E-state index in [-0.39, 0.29) is 66.0 Å². The number of sulfone groups is 1. The van der Waals surface area contributed by atoms with E-state index in [1.165, 1.54) is 0 Å². The second-order valence-electron chi connectivity index (χ2n) is 10.3. The van der Waals surface area contributed by atoms with Crippen LogP contribution in [0.1, 0.15) is 55.9 Å². The van der Waals surface area contributed by atoms with Crippen molar-refractivity contribution in [3.8, 4) is 0 Å². The van der Waals surface area contributed by atoms with Gasteiger partial charge in [-0.2, -0.15) is 0 Å². The van der Waals surface area contributed by atoms with Crippen LogP contribution in [0.3, 0.4) is 0 Å². The molecule has 2 aliphatic rings. The van der Waals surface area contributed by atoms with Crippen LogP contribution in [0.25, 0.3) is 10.9 Å². The number of piperidine rings is 1. The fourth-order valence-electron chi connectivity index (χ4n) is 5.63. The summed E-state index contributed by atoms with van der Waals surface area (Å²) >= 11 is 0. The third-order valence-electron chi connectivity index (χ3n) is 7.09. The summed E-state index contributed by atoms with van der Waals surface area (Å²) < 4.78 is 24.2. The van der Waals surface area contributed by atoms with Gasteiger partial charge in [0.15, 0.2) is 9.84 Å². The monoisotopic (exact) mass is 540 g/mol. The molecular weight excluding hydrogens is 504 g/mol. The molecule has 2 aliphatic heterocycles. The van der Waals surface area contributed by atoms with E-state index in [4.69, 9.17) is 0 Å². The molecule has 2 saturated heterocycles. The average molecular weight is 541 g/mol. The smallest absolute Gasteiger partial charge is 0.264 e. The Kier molecular flexibility index (Phi) is 9.21. The molecule has 200 valence electrons. The predicted molar refractivity (Wildman–Crippen MR) is 144 cm³/mol. The largest absolute Gasteiger partial charge is 0.390 e. The first-order valence-electron chi connectivity index (χ1n) is 12.3. The van der Waals surface area contributed by atoms with Gasteiger partial charge in [-0.1, -0.05) is 18.2 Å². The topological polar surface area (TPSA) is 121 Å². The van der Waals surface area contributed by atoms with Crippen LogP contribution in [-0.4, -0.2) is 78.4 Å². The highest BCUT2D eigenvalue weighted by Crippen LogP contribution is 2.35. The van der Waals surface area contributed by atoms with Gasteiger partial charge in [0.05, 0.1) is 17.5 Å². The molecule has 1 aromatic carbocycles. The van der Waals surface area contributed by atoms with Crippen LogP contribution in [0, 0.1) is 0 Å². The number of nitrogens with zero attached hydrogens (tertiary/aromatic N) is 2. The Balaban J connectivity index is 0.00000361. The molecule has 0 aliphatic carbocycles. The Morgan fingerprint density at radius 3 is 2.42 bits per heavy atom. The van der Waals surface area contributed by atoms with Crippen molar-refractivity contribution in [2.75, 3.05) is 25.2 Å². The molecule has 0 spiro atoms. The summed E-state index contributed by atoms with van der Waals surface area (Å²) in [6.45, 7) is 4.56. The van der Waals surface area contributed by atoms with E-state index < -0.39 is 15.9 Å². The number of hydrogen-bond acceptors (Lipinski definition) is 7. The summed E-state index contributed by atoms with van der Waals surface area (Å²) in [6, 6.07) is 9.68. The number of fused-ring (bicyclic) bond motifs is 3. The fourth-order valence-corrected chi connectivity index (χ4v) is 6.12. The van der Waals surface area contributed by atoms with Gasteiger partial charge in [0.2, 0.25) is 0 Å². The highest BCUT2D eigenvalue weighted by atomic mass is 35.5. The Morgan fingerprint density at radius 1 is 1.17 bits per heavy atom. The van der Waals surface area contributed by atoms with Gasteiger partial charge in [-0.05, 0) is 57.0 Å².